The zero-order chi connectivity index (χ0) is 12.6. The highest BCUT2D eigenvalue weighted by Gasteiger charge is 2.17. The number of hydrogen-bond donors (Lipinski definition) is 1. The average Bonchev–Trinajstić information content (AvgIpc) is 2.92. The van der Waals surface area contributed by atoms with E-state index in [1.807, 2.05) is 12.3 Å². The molecule has 2 rings (SSSR count). The second-order valence-electron chi connectivity index (χ2n) is 5.29. The number of nitrogens with one attached hydrogen (secondary N) is 1. The Morgan fingerprint density at radius 1 is 1.39 bits per heavy atom. The van der Waals surface area contributed by atoms with Gasteiger partial charge in [0.1, 0.15) is 0 Å². The molecule has 1 heterocycles. The third-order valence-electron chi connectivity index (χ3n) is 3.78. The van der Waals surface area contributed by atoms with Gasteiger partial charge in [-0.05, 0) is 37.8 Å². The molecule has 1 saturated carbocycles. The fourth-order valence-electron chi connectivity index (χ4n) is 2.77. The van der Waals surface area contributed by atoms with Crippen molar-refractivity contribution in [2.45, 2.75) is 45.4 Å². The Morgan fingerprint density at radius 3 is 2.89 bits per heavy atom. The van der Waals surface area contributed by atoms with Crippen LogP contribution < -0.4 is 5.32 Å². The van der Waals surface area contributed by atoms with Gasteiger partial charge in [0.05, 0.1) is 12.5 Å². The van der Waals surface area contributed by atoms with Crippen LogP contribution in [0.15, 0.2) is 28.6 Å². The van der Waals surface area contributed by atoms with Crippen LogP contribution in [-0.2, 0) is 0 Å². The Labute approximate surface area is 110 Å². The molecular weight excluding hydrogens is 222 g/mol. The fraction of sp³-hybridized carbons (Fsp3) is 0.625. The van der Waals surface area contributed by atoms with Crippen LogP contribution in [0.3, 0.4) is 0 Å². The Balaban J connectivity index is 2.01. The number of hydrogen-bond acceptors (Lipinski definition) is 2. The van der Waals surface area contributed by atoms with Crippen LogP contribution in [-0.4, -0.2) is 13.1 Å². The van der Waals surface area contributed by atoms with Crippen LogP contribution in [0.1, 0.15) is 51.0 Å². The predicted molar refractivity (Wildman–Crippen MR) is 76.4 cm³/mol. The van der Waals surface area contributed by atoms with Gasteiger partial charge >= 0.3 is 0 Å². The maximum absolute atomic E-state index is 5.16. The van der Waals surface area contributed by atoms with E-state index in [0.29, 0.717) is 0 Å². The third kappa shape index (κ3) is 4.02. The highest BCUT2D eigenvalue weighted by atomic mass is 16.3. The van der Waals surface area contributed by atoms with Crippen molar-refractivity contribution in [3.63, 3.8) is 0 Å². The Hall–Kier alpha value is -1.02. The lowest BCUT2D eigenvalue weighted by Crippen LogP contribution is -2.22. The minimum Gasteiger partial charge on any atom is -0.472 e. The van der Waals surface area contributed by atoms with Gasteiger partial charge in [0.25, 0.3) is 0 Å². The molecule has 2 heteroatoms. The monoisotopic (exact) mass is 247 g/mol. The summed E-state index contributed by atoms with van der Waals surface area (Å²) in [5, 5.41) is 3.55. The van der Waals surface area contributed by atoms with Crippen molar-refractivity contribution in [3.8, 4) is 0 Å². The predicted octanol–water partition coefficient (Wildman–Crippen LogP) is 4.24. The second-order valence-corrected chi connectivity index (χ2v) is 5.29. The third-order valence-corrected chi connectivity index (χ3v) is 3.78. The lowest BCUT2D eigenvalue weighted by molar-refractivity contribution is 0.396. The van der Waals surface area contributed by atoms with Gasteiger partial charge in [-0.15, -0.1) is 0 Å². The summed E-state index contributed by atoms with van der Waals surface area (Å²) < 4.78 is 5.16. The molecule has 1 aromatic heterocycles. The highest BCUT2D eigenvalue weighted by molar-refractivity contribution is 5.52. The van der Waals surface area contributed by atoms with Crippen molar-refractivity contribution in [3.05, 3.63) is 29.7 Å². The molecule has 2 nitrogen and oxygen atoms in total. The first-order valence-corrected chi connectivity index (χ1v) is 7.33. The molecule has 100 valence electrons. The van der Waals surface area contributed by atoms with E-state index in [0.717, 1.165) is 19.0 Å². The molecule has 0 unspecified atom stereocenters. The highest BCUT2D eigenvalue weighted by Crippen LogP contribution is 2.30. The van der Waals surface area contributed by atoms with Crippen molar-refractivity contribution >= 4 is 6.08 Å². The largest absolute Gasteiger partial charge is 0.472 e. The molecule has 0 amide bonds. The van der Waals surface area contributed by atoms with Crippen molar-refractivity contribution in [2.24, 2.45) is 5.92 Å². The molecule has 1 aliphatic carbocycles. The van der Waals surface area contributed by atoms with Gasteiger partial charge in [-0.1, -0.05) is 37.8 Å². The molecule has 0 saturated heterocycles. The lowest BCUT2D eigenvalue weighted by Gasteiger charge is -2.25. The molecule has 1 N–H and O–H groups in total. The fourth-order valence-corrected chi connectivity index (χ4v) is 2.77. The SMILES string of the molecule is CCCNCC(=Cc1ccoc1)C1CCCCC1. The van der Waals surface area contributed by atoms with E-state index in [1.165, 1.54) is 44.1 Å². The van der Waals surface area contributed by atoms with Crippen molar-refractivity contribution in [2.75, 3.05) is 13.1 Å². The van der Waals surface area contributed by atoms with Gasteiger partial charge < -0.3 is 9.73 Å². The van der Waals surface area contributed by atoms with E-state index in [2.05, 4.69) is 18.3 Å². The maximum atomic E-state index is 5.16. The van der Waals surface area contributed by atoms with Gasteiger partial charge in [-0.25, -0.2) is 0 Å². The van der Waals surface area contributed by atoms with Gasteiger partial charge in [-0.3, -0.25) is 0 Å². The summed E-state index contributed by atoms with van der Waals surface area (Å²) in [6.07, 6.45) is 14.0. The molecule has 1 aliphatic rings. The molecule has 0 aliphatic heterocycles. The molecule has 1 aromatic rings. The van der Waals surface area contributed by atoms with E-state index in [1.54, 1.807) is 11.8 Å². The maximum Gasteiger partial charge on any atom is 0.0974 e. The summed E-state index contributed by atoms with van der Waals surface area (Å²) in [7, 11) is 0. The average molecular weight is 247 g/mol. The molecule has 0 spiro atoms. The number of furan rings is 1. The van der Waals surface area contributed by atoms with Crippen LogP contribution in [0.5, 0.6) is 0 Å². The number of rotatable bonds is 6. The zero-order valence-corrected chi connectivity index (χ0v) is 11.5. The smallest absolute Gasteiger partial charge is 0.0974 e. The van der Waals surface area contributed by atoms with E-state index in [9.17, 15) is 0 Å². The summed E-state index contributed by atoms with van der Waals surface area (Å²) in [5.74, 6) is 0.776. The van der Waals surface area contributed by atoms with Crippen molar-refractivity contribution in [1.29, 1.82) is 0 Å². The summed E-state index contributed by atoms with van der Waals surface area (Å²) >= 11 is 0. The minimum atomic E-state index is 0.776. The van der Waals surface area contributed by atoms with Gasteiger partial charge in [0, 0.05) is 12.1 Å². The van der Waals surface area contributed by atoms with Crippen LogP contribution >= 0.6 is 0 Å². The first kappa shape index (κ1) is 13.4. The summed E-state index contributed by atoms with van der Waals surface area (Å²) in [6, 6.07) is 2.04. The molecule has 0 atom stereocenters. The molecular formula is C16H25NO. The Bertz CT molecular complexity index is 347. The molecule has 0 radical (unpaired) electrons. The van der Waals surface area contributed by atoms with Gasteiger partial charge in [0.15, 0.2) is 0 Å². The van der Waals surface area contributed by atoms with Gasteiger partial charge in [0.2, 0.25) is 0 Å². The van der Waals surface area contributed by atoms with E-state index >= 15 is 0 Å². The topological polar surface area (TPSA) is 25.2 Å². The quantitative estimate of drug-likeness (QED) is 0.760. The molecule has 1 fully saturated rings. The minimum absolute atomic E-state index is 0.776. The standard InChI is InChI=1S/C16H25NO/c1-2-9-17-12-16(11-14-8-10-18-13-14)15-6-4-3-5-7-15/h8,10-11,13,15,17H,2-7,9,12H2,1H3. The van der Waals surface area contributed by atoms with E-state index in [-0.39, 0.29) is 0 Å². The summed E-state index contributed by atoms with van der Waals surface area (Å²) in [6.45, 7) is 4.35. The van der Waals surface area contributed by atoms with Crippen LogP contribution in [0, 0.1) is 5.92 Å². The lowest BCUT2D eigenvalue weighted by atomic mass is 9.83. The zero-order valence-electron chi connectivity index (χ0n) is 11.5. The Morgan fingerprint density at radius 2 is 2.22 bits per heavy atom. The summed E-state index contributed by atoms with van der Waals surface area (Å²) in [5.41, 5.74) is 2.76. The molecule has 0 aromatic carbocycles. The van der Waals surface area contributed by atoms with Crippen LogP contribution in [0.25, 0.3) is 6.08 Å². The van der Waals surface area contributed by atoms with E-state index in [4.69, 9.17) is 4.42 Å². The van der Waals surface area contributed by atoms with Crippen molar-refractivity contribution < 1.29 is 4.42 Å². The first-order valence-electron chi connectivity index (χ1n) is 7.33. The van der Waals surface area contributed by atoms with Crippen LogP contribution in [0.2, 0.25) is 0 Å². The Kier molecular flexibility index (Phi) is 5.53. The molecule has 18 heavy (non-hydrogen) atoms. The van der Waals surface area contributed by atoms with Crippen molar-refractivity contribution in [1.82, 2.24) is 5.32 Å². The first-order chi connectivity index (χ1) is 8.90. The summed E-state index contributed by atoms with van der Waals surface area (Å²) in [4.78, 5) is 0. The van der Waals surface area contributed by atoms with E-state index < -0.39 is 0 Å². The van der Waals surface area contributed by atoms with Crippen LogP contribution in [0.4, 0.5) is 0 Å². The second kappa shape index (κ2) is 7.42. The molecule has 0 bridgehead atoms. The normalized spacial score (nSPS) is 18.2. The van der Waals surface area contributed by atoms with Gasteiger partial charge in [-0.2, -0.15) is 0 Å².